The van der Waals surface area contributed by atoms with Gasteiger partial charge in [0.25, 0.3) is 0 Å². The lowest BCUT2D eigenvalue weighted by molar-refractivity contribution is -0.145. The highest BCUT2D eigenvalue weighted by Gasteiger charge is 2.40. The number of esters is 1. The SMILES string of the molecule is CCCCOC(=O)N1CC(=O)CC1C(=O)OC. The Labute approximate surface area is 99.9 Å². The van der Waals surface area contributed by atoms with Crippen molar-refractivity contribution in [1.29, 1.82) is 0 Å². The number of unbranched alkanes of at least 4 members (excludes halogenated alkanes) is 1. The number of amides is 1. The van der Waals surface area contributed by atoms with Gasteiger partial charge in [0.2, 0.25) is 0 Å². The van der Waals surface area contributed by atoms with Crippen LogP contribution in [0.2, 0.25) is 0 Å². The normalized spacial score (nSPS) is 19.3. The highest BCUT2D eigenvalue weighted by Crippen LogP contribution is 2.17. The number of methoxy groups -OCH3 is 1. The van der Waals surface area contributed by atoms with E-state index in [0.717, 1.165) is 17.7 Å². The molecule has 17 heavy (non-hydrogen) atoms. The highest BCUT2D eigenvalue weighted by molar-refractivity contribution is 5.95. The zero-order chi connectivity index (χ0) is 12.8. The summed E-state index contributed by atoms with van der Waals surface area (Å²) in [5, 5.41) is 0. The summed E-state index contributed by atoms with van der Waals surface area (Å²) in [6, 6.07) is -0.832. The molecule has 0 aliphatic carbocycles. The van der Waals surface area contributed by atoms with E-state index in [4.69, 9.17) is 4.74 Å². The number of hydrogen-bond donors (Lipinski definition) is 0. The quantitative estimate of drug-likeness (QED) is 0.538. The summed E-state index contributed by atoms with van der Waals surface area (Å²) in [5.41, 5.74) is 0. The van der Waals surface area contributed by atoms with Gasteiger partial charge in [-0.25, -0.2) is 9.59 Å². The van der Waals surface area contributed by atoms with Gasteiger partial charge in [0, 0.05) is 6.42 Å². The summed E-state index contributed by atoms with van der Waals surface area (Å²) in [6.45, 7) is 2.20. The van der Waals surface area contributed by atoms with Gasteiger partial charge in [0.15, 0.2) is 5.78 Å². The Kier molecular flexibility index (Phi) is 4.93. The molecule has 0 aromatic heterocycles. The van der Waals surface area contributed by atoms with Crippen LogP contribution in [0.15, 0.2) is 0 Å². The zero-order valence-electron chi connectivity index (χ0n) is 10.1. The van der Waals surface area contributed by atoms with Gasteiger partial charge >= 0.3 is 12.1 Å². The average molecular weight is 243 g/mol. The maximum absolute atomic E-state index is 11.6. The summed E-state index contributed by atoms with van der Waals surface area (Å²) in [4.78, 5) is 35.4. The third-order valence-electron chi connectivity index (χ3n) is 2.58. The van der Waals surface area contributed by atoms with Crippen molar-refractivity contribution in [3.63, 3.8) is 0 Å². The molecule has 96 valence electrons. The second-order valence-corrected chi connectivity index (χ2v) is 3.88. The van der Waals surface area contributed by atoms with Crippen LogP contribution in [0, 0.1) is 0 Å². The number of likely N-dealkylation sites (tertiary alicyclic amines) is 1. The molecule has 1 aliphatic heterocycles. The number of rotatable bonds is 4. The molecule has 1 saturated heterocycles. The molecule has 6 heteroatoms. The van der Waals surface area contributed by atoms with Gasteiger partial charge in [-0.2, -0.15) is 0 Å². The second-order valence-electron chi connectivity index (χ2n) is 3.88. The van der Waals surface area contributed by atoms with E-state index in [1.165, 1.54) is 7.11 Å². The van der Waals surface area contributed by atoms with Crippen LogP contribution in [0.4, 0.5) is 4.79 Å². The molecule has 0 spiro atoms. The molecular weight excluding hydrogens is 226 g/mol. The van der Waals surface area contributed by atoms with Gasteiger partial charge in [0.05, 0.1) is 20.3 Å². The number of ketones is 1. The molecular formula is C11H17NO5. The maximum atomic E-state index is 11.6. The minimum Gasteiger partial charge on any atom is -0.467 e. The Balaban J connectivity index is 2.57. The molecule has 0 aromatic carbocycles. The fourth-order valence-corrected chi connectivity index (χ4v) is 1.62. The van der Waals surface area contributed by atoms with Crippen LogP contribution < -0.4 is 0 Å². The fourth-order valence-electron chi connectivity index (χ4n) is 1.62. The van der Waals surface area contributed by atoms with E-state index in [0.29, 0.717) is 6.61 Å². The van der Waals surface area contributed by atoms with Gasteiger partial charge in [-0.1, -0.05) is 13.3 Å². The van der Waals surface area contributed by atoms with E-state index < -0.39 is 18.1 Å². The van der Waals surface area contributed by atoms with E-state index in [2.05, 4.69) is 4.74 Å². The van der Waals surface area contributed by atoms with E-state index in [1.807, 2.05) is 6.92 Å². The first kappa shape index (κ1) is 13.5. The predicted octanol–water partition coefficient (Wildman–Crippen LogP) is 0.740. The van der Waals surface area contributed by atoms with Gasteiger partial charge in [-0.05, 0) is 6.42 Å². The van der Waals surface area contributed by atoms with Gasteiger partial charge in [-0.15, -0.1) is 0 Å². The lowest BCUT2D eigenvalue weighted by Gasteiger charge is -2.20. The van der Waals surface area contributed by atoms with Crippen LogP contribution >= 0.6 is 0 Å². The summed E-state index contributed by atoms with van der Waals surface area (Å²) in [5.74, 6) is -0.740. The average Bonchev–Trinajstić information content (AvgIpc) is 2.70. The summed E-state index contributed by atoms with van der Waals surface area (Å²) in [7, 11) is 1.23. The van der Waals surface area contributed by atoms with Crippen molar-refractivity contribution in [3.8, 4) is 0 Å². The first-order chi connectivity index (χ1) is 8.10. The van der Waals surface area contributed by atoms with Crippen LogP contribution in [-0.2, 0) is 19.1 Å². The largest absolute Gasteiger partial charge is 0.467 e. The molecule has 1 atom stereocenters. The molecule has 1 heterocycles. The molecule has 1 rings (SSSR count). The van der Waals surface area contributed by atoms with Crippen LogP contribution in [0.1, 0.15) is 26.2 Å². The van der Waals surface area contributed by atoms with Crippen LogP contribution in [0.3, 0.4) is 0 Å². The van der Waals surface area contributed by atoms with E-state index >= 15 is 0 Å². The number of nitrogens with zero attached hydrogens (tertiary/aromatic N) is 1. The Morgan fingerprint density at radius 1 is 1.47 bits per heavy atom. The lowest BCUT2D eigenvalue weighted by atomic mass is 10.2. The standard InChI is InChI=1S/C11H17NO5/c1-3-4-5-17-11(15)12-7-8(13)6-9(12)10(14)16-2/h9H,3-7H2,1-2H3. The predicted molar refractivity (Wildman–Crippen MR) is 58.4 cm³/mol. The Morgan fingerprint density at radius 2 is 2.18 bits per heavy atom. The number of hydrogen-bond acceptors (Lipinski definition) is 5. The highest BCUT2D eigenvalue weighted by atomic mass is 16.6. The van der Waals surface area contributed by atoms with E-state index in [9.17, 15) is 14.4 Å². The van der Waals surface area contributed by atoms with Crippen molar-refractivity contribution >= 4 is 17.8 Å². The van der Waals surface area contributed by atoms with E-state index in [1.54, 1.807) is 0 Å². The number of ether oxygens (including phenoxy) is 2. The van der Waals surface area contributed by atoms with Gasteiger partial charge < -0.3 is 9.47 Å². The van der Waals surface area contributed by atoms with E-state index in [-0.39, 0.29) is 18.7 Å². The third-order valence-corrected chi connectivity index (χ3v) is 2.58. The van der Waals surface area contributed by atoms with Crippen LogP contribution in [0.5, 0.6) is 0 Å². The first-order valence-corrected chi connectivity index (χ1v) is 5.63. The Morgan fingerprint density at radius 3 is 2.76 bits per heavy atom. The Bertz CT molecular complexity index is 315. The van der Waals surface area contributed by atoms with Gasteiger partial charge in [0.1, 0.15) is 6.04 Å². The molecule has 0 radical (unpaired) electrons. The minimum atomic E-state index is -0.832. The second kappa shape index (κ2) is 6.22. The van der Waals surface area contributed by atoms with Crippen molar-refractivity contribution in [2.24, 2.45) is 0 Å². The molecule has 0 bridgehead atoms. The third kappa shape index (κ3) is 3.44. The van der Waals surface area contributed by atoms with Crippen molar-refractivity contribution in [3.05, 3.63) is 0 Å². The topological polar surface area (TPSA) is 72.9 Å². The lowest BCUT2D eigenvalue weighted by Crippen LogP contribution is -2.41. The molecule has 1 amide bonds. The summed E-state index contributed by atoms with van der Waals surface area (Å²) >= 11 is 0. The number of carbonyl (C=O) groups is 3. The van der Waals surface area contributed by atoms with Crippen molar-refractivity contribution in [2.45, 2.75) is 32.2 Å². The number of Topliss-reactive ketones (excluding diaryl/α,β-unsaturated/α-hetero) is 1. The summed E-state index contributed by atoms with van der Waals surface area (Å²) < 4.78 is 9.51. The monoisotopic (exact) mass is 243 g/mol. The zero-order valence-corrected chi connectivity index (χ0v) is 10.1. The first-order valence-electron chi connectivity index (χ1n) is 5.63. The smallest absolute Gasteiger partial charge is 0.410 e. The molecule has 1 aliphatic rings. The van der Waals surface area contributed by atoms with Crippen molar-refractivity contribution in [2.75, 3.05) is 20.3 Å². The molecule has 6 nitrogen and oxygen atoms in total. The van der Waals surface area contributed by atoms with Crippen molar-refractivity contribution in [1.82, 2.24) is 4.90 Å². The minimum absolute atomic E-state index is 0.00948. The number of carbonyl (C=O) groups excluding carboxylic acids is 3. The molecule has 0 saturated carbocycles. The molecule has 1 fully saturated rings. The van der Waals surface area contributed by atoms with Crippen molar-refractivity contribution < 1.29 is 23.9 Å². The Hall–Kier alpha value is -1.59. The molecule has 0 N–H and O–H groups in total. The summed E-state index contributed by atoms with van der Waals surface area (Å²) in [6.07, 6.45) is 1.05. The van der Waals surface area contributed by atoms with Crippen LogP contribution in [0.25, 0.3) is 0 Å². The molecule has 1 unspecified atom stereocenters. The molecule has 0 aromatic rings. The van der Waals surface area contributed by atoms with Gasteiger partial charge in [-0.3, -0.25) is 9.69 Å². The van der Waals surface area contributed by atoms with Crippen LogP contribution in [-0.4, -0.2) is 49.0 Å². The fraction of sp³-hybridized carbons (Fsp3) is 0.727. The maximum Gasteiger partial charge on any atom is 0.410 e.